The molecule has 2 aromatic rings. The molecule has 1 aliphatic rings. The summed E-state index contributed by atoms with van der Waals surface area (Å²) in [5.41, 5.74) is 0.402. The molecule has 1 saturated heterocycles. The Kier molecular flexibility index (Phi) is 4.94. The number of aromatic carboxylic acids is 1. The third-order valence-corrected chi connectivity index (χ3v) is 4.53. The number of halogens is 1. The van der Waals surface area contributed by atoms with Gasteiger partial charge in [-0.05, 0) is 18.2 Å². The highest BCUT2D eigenvalue weighted by molar-refractivity contribution is 6.30. The fraction of sp³-hybridized carbons (Fsp3) is 0.294. The van der Waals surface area contributed by atoms with Crippen molar-refractivity contribution in [2.75, 3.05) is 26.2 Å². The standard InChI is InChI=1S/C17H17ClN4O4/c1-20-14(13(10-19-20)17(25)26)16(24)22-7-5-21(6-8-22)15(23)11-3-2-4-12(18)9-11/h2-4,9-10H,5-8H2,1H3,(H,25,26). The maximum Gasteiger partial charge on any atom is 0.339 e. The van der Waals surface area contributed by atoms with Crippen LogP contribution in [0.2, 0.25) is 5.02 Å². The average molecular weight is 377 g/mol. The summed E-state index contributed by atoms with van der Waals surface area (Å²) in [7, 11) is 1.53. The molecule has 0 saturated carbocycles. The first-order chi connectivity index (χ1) is 12.4. The van der Waals surface area contributed by atoms with Gasteiger partial charge in [0.2, 0.25) is 0 Å². The lowest BCUT2D eigenvalue weighted by Gasteiger charge is -2.34. The number of aryl methyl sites for hydroxylation is 1. The number of benzene rings is 1. The predicted molar refractivity (Wildman–Crippen MR) is 93.4 cm³/mol. The van der Waals surface area contributed by atoms with Gasteiger partial charge in [-0.1, -0.05) is 17.7 Å². The van der Waals surface area contributed by atoms with Crippen molar-refractivity contribution in [2.45, 2.75) is 0 Å². The predicted octanol–water partition coefficient (Wildman–Crippen LogP) is 1.37. The van der Waals surface area contributed by atoms with Crippen molar-refractivity contribution >= 4 is 29.4 Å². The third kappa shape index (κ3) is 3.41. The SMILES string of the molecule is Cn1ncc(C(=O)O)c1C(=O)N1CCN(C(=O)c2cccc(Cl)c2)CC1. The number of carboxylic acids is 1. The molecule has 26 heavy (non-hydrogen) atoms. The topological polar surface area (TPSA) is 95.7 Å². The third-order valence-electron chi connectivity index (χ3n) is 4.30. The van der Waals surface area contributed by atoms with Gasteiger partial charge < -0.3 is 14.9 Å². The number of hydrogen-bond donors (Lipinski definition) is 1. The molecule has 8 nitrogen and oxygen atoms in total. The van der Waals surface area contributed by atoms with Gasteiger partial charge in [0.15, 0.2) is 0 Å². The van der Waals surface area contributed by atoms with Gasteiger partial charge in [-0.25, -0.2) is 4.79 Å². The van der Waals surface area contributed by atoms with E-state index in [9.17, 15) is 19.5 Å². The van der Waals surface area contributed by atoms with E-state index in [1.165, 1.54) is 16.6 Å². The highest BCUT2D eigenvalue weighted by Gasteiger charge is 2.30. The second kappa shape index (κ2) is 7.17. The van der Waals surface area contributed by atoms with Crippen LogP contribution in [0.4, 0.5) is 0 Å². The van der Waals surface area contributed by atoms with Crippen molar-refractivity contribution in [1.29, 1.82) is 0 Å². The van der Waals surface area contributed by atoms with E-state index in [0.29, 0.717) is 36.8 Å². The molecule has 9 heteroatoms. The largest absolute Gasteiger partial charge is 0.478 e. The highest BCUT2D eigenvalue weighted by Crippen LogP contribution is 2.16. The van der Waals surface area contributed by atoms with Crippen LogP contribution in [0.1, 0.15) is 31.2 Å². The molecule has 3 rings (SSSR count). The van der Waals surface area contributed by atoms with Crippen LogP contribution in [0.25, 0.3) is 0 Å². The van der Waals surface area contributed by atoms with Gasteiger partial charge in [0.05, 0.1) is 6.20 Å². The number of carbonyl (C=O) groups is 3. The Bertz CT molecular complexity index is 871. The Hall–Kier alpha value is -2.87. The number of aromatic nitrogens is 2. The Labute approximate surface area is 154 Å². The van der Waals surface area contributed by atoms with Crippen LogP contribution >= 0.6 is 11.6 Å². The lowest BCUT2D eigenvalue weighted by Crippen LogP contribution is -2.51. The molecule has 2 amide bonds. The molecule has 0 spiro atoms. The molecule has 0 bridgehead atoms. The average Bonchev–Trinajstić information content (AvgIpc) is 3.02. The van der Waals surface area contributed by atoms with Crippen LogP contribution in [0.3, 0.4) is 0 Å². The van der Waals surface area contributed by atoms with Gasteiger partial charge in [-0.3, -0.25) is 14.3 Å². The Morgan fingerprint density at radius 3 is 2.27 bits per heavy atom. The first-order valence-electron chi connectivity index (χ1n) is 7.98. The molecule has 136 valence electrons. The minimum atomic E-state index is -1.20. The summed E-state index contributed by atoms with van der Waals surface area (Å²) in [6.07, 6.45) is 1.16. The first-order valence-corrected chi connectivity index (χ1v) is 8.35. The molecule has 0 unspecified atom stereocenters. The molecule has 1 fully saturated rings. The molecule has 1 N–H and O–H groups in total. The molecular formula is C17H17ClN4O4. The quantitative estimate of drug-likeness (QED) is 0.872. The fourth-order valence-corrected chi connectivity index (χ4v) is 3.10. The number of carbonyl (C=O) groups excluding carboxylic acids is 2. The monoisotopic (exact) mass is 376 g/mol. The Morgan fingerprint density at radius 2 is 1.69 bits per heavy atom. The van der Waals surface area contributed by atoms with Crippen molar-refractivity contribution in [1.82, 2.24) is 19.6 Å². The molecule has 0 atom stereocenters. The van der Waals surface area contributed by atoms with Crippen molar-refractivity contribution in [3.8, 4) is 0 Å². The zero-order valence-corrected chi connectivity index (χ0v) is 14.8. The van der Waals surface area contributed by atoms with Crippen LogP contribution in [0, 0.1) is 0 Å². The minimum Gasteiger partial charge on any atom is -0.478 e. The van der Waals surface area contributed by atoms with Gasteiger partial charge in [0.25, 0.3) is 11.8 Å². The van der Waals surface area contributed by atoms with E-state index in [0.717, 1.165) is 6.20 Å². The minimum absolute atomic E-state index is 0.0344. The Balaban J connectivity index is 1.69. The molecular weight excluding hydrogens is 360 g/mol. The van der Waals surface area contributed by atoms with E-state index in [1.807, 2.05) is 0 Å². The van der Waals surface area contributed by atoms with Gasteiger partial charge in [0.1, 0.15) is 11.3 Å². The summed E-state index contributed by atoms with van der Waals surface area (Å²) < 4.78 is 1.26. The first kappa shape index (κ1) is 17.9. The second-order valence-electron chi connectivity index (χ2n) is 5.93. The number of rotatable bonds is 3. The van der Waals surface area contributed by atoms with E-state index in [1.54, 1.807) is 29.2 Å². The molecule has 1 aliphatic heterocycles. The number of piperazine rings is 1. The molecule has 0 radical (unpaired) electrons. The number of hydrogen-bond acceptors (Lipinski definition) is 4. The van der Waals surface area contributed by atoms with Crippen molar-refractivity contribution in [3.05, 3.63) is 52.3 Å². The maximum atomic E-state index is 12.7. The lowest BCUT2D eigenvalue weighted by atomic mass is 10.1. The second-order valence-corrected chi connectivity index (χ2v) is 6.37. The zero-order chi connectivity index (χ0) is 18.8. The number of carboxylic acid groups (broad SMARTS) is 1. The highest BCUT2D eigenvalue weighted by atomic mass is 35.5. The fourth-order valence-electron chi connectivity index (χ4n) is 2.91. The molecule has 1 aromatic carbocycles. The summed E-state index contributed by atoms with van der Waals surface area (Å²) in [4.78, 5) is 39.6. The summed E-state index contributed by atoms with van der Waals surface area (Å²) in [6.45, 7) is 1.35. The van der Waals surface area contributed by atoms with Crippen molar-refractivity contribution in [2.24, 2.45) is 7.05 Å². The van der Waals surface area contributed by atoms with Crippen LogP contribution < -0.4 is 0 Å². The van der Waals surface area contributed by atoms with Crippen LogP contribution in [0.15, 0.2) is 30.5 Å². The zero-order valence-electron chi connectivity index (χ0n) is 14.1. The summed E-state index contributed by atoms with van der Waals surface area (Å²) >= 11 is 5.92. The van der Waals surface area contributed by atoms with Gasteiger partial charge in [-0.15, -0.1) is 0 Å². The van der Waals surface area contributed by atoms with E-state index in [4.69, 9.17) is 11.6 Å². The van der Waals surface area contributed by atoms with E-state index in [2.05, 4.69) is 5.10 Å². The number of nitrogens with zero attached hydrogens (tertiary/aromatic N) is 4. The van der Waals surface area contributed by atoms with Crippen LogP contribution in [0.5, 0.6) is 0 Å². The van der Waals surface area contributed by atoms with Gasteiger partial charge >= 0.3 is 5.97 Å². The van der Waals surface area contributed by atoms with E-state index in [-0.39, 0.29) is 17.2 Å². The maximum absolute atomic E-state index is 12.7. The van der Waals surface area contributed by atoms with Crippen LogP contribution in [-0.4, -0.2) is 68.6 Å². The van der Waals surface area contributed by atoms with E-state index >= 15 is 0 Å². The van der Waals surface area contributed by atoms with Crippen molar-refractivity contribution in [3.63, 3.8) is 0 Å². The smallest absolute Gasteiger partial charge is 0.339 e. The van der Waals surface area contributed by atoms with Crippen molar-refractivity contribution < 1.29 is 19.5 Å². The van der Waals surface area contributed by atoms with Gasteiger partial charge in [0, 0.05) is 43.8 Å². The summed E-state index contributed by atoms with van der Waals surface area (Å²) in [5.74, 6) is -1.75. The summed E-state index contributed by atoms with van der Waals surface area (Å²) in [6, 6.07) is 6.71. The lowest BCUT2D eigenvalue weighted by molar-refractivity contribution is 0.0525. The molecule has 0 aliphatic carbocycles. The normalized spacial score (nSPS) is 14.4. The molecule has 2 heterocycles. The van der Waals surface area contributed by atoms with Crippen LogP contribution in [-0.2, 0) is 7.05 Å². The van der Waals surface area contributed by atoms with Gasteiger partial charge in [-0.2, -0.15) is 5.10 Å². The Morgan fingerprint density at radius 1 is 1.08 bits per heavy atom. The summed E-state index contributed by atoms with van der Waals surface area (Å²) in [5, 5.41) is 13.5. The number of amides is 2. The molecule has 1 aromatic heterocycles. The van der Waals surface area contributed by atoms with E-state index < -0.39 is 11.9 Å².